The lowest BCUT2D eigenvalue weighted by Gasteiger charge is -2.20. The van der Waals surface area contributed by atoms with E-state index in [1.165, 1.54) is 12.8 Å². The minimum atomic E-state index is 0.0607. The third-order valence-corrected chi connectivity index (χ3v) is 3.10. The summed E-state index contributed by atoms with van der Waals surface area (Å²) in [4.78, 5) is 13.9. The van der Waals surface area contributed by atoms with E-state index in [1.807, 2.05) is 0 Å². The molecule has 0 aliphatic heterocycles. The maximum Gasteiger partial charge on any atom is 0.227 e. The van der Waals surface area contributed by atoms with Crippen molar-refractivity contribution in [2.75, 3.05) is 13.1 Å². The van der Waals surface area contributed by atoms with Gasteiger partial charge in [0.2, 0.25) is 5.91 Å². The van der Waals surface area contributed by atoms with Crippen molar-refractivity contribution in [3.05, 3.63) is 29.8 Å². The standard InChI is InChI=1S/C15H17NO2/c1-2-9-16(11-13-3-4-13)15(18)10-12-5-7-14(17)8-6-12/h1,5-8,13,17H,3-4,9-11H2. The third kappa shape index (κ3) is 3.53. The Morgan fingerprint density at radius 2 is 2.06 bits per heavy atom. The Morgan fingerprint density at radius 1 is 1.39 bits per heavy atom. The van der Waals surface area contributed by atoms with Crippen LogP contribution in [-0.4, -0.2) is 29.0 Å². The Bertz CT molecular complexity index is 454. The lowest BCUT2D eigenvalue weighted by Crippen LogP contribution is -2.34. The van der Waals surface area contributed by atoms with E-state index in [-0.39, 0.29) is 11.7 Å². The third-order valence-electron chi connectivity index (χ3n) is 3.10. The SMILES string of the molecule is C#CCN(CC1CC1)C(=O)Cc1ccc(O)cc1. The first-order valence-corrected chi connectivity index (χ1v) is 6.18. The van der Waals surface area contributed by atoms with Crippen molar-refractivity contribution in [1.82, 2.24) is 4.90 Å². The number of terminal acetylenes is 1. The van der Waals surface area contributed by atoms with Crippen LogP contribution in [-0.2, 0) is 11.2 Å². The van der Waals surface area contributed by atoms with Gasteiger partial charge in [-0.15, -0.1) is 6.42 Å². The number of hydrogen-bond donors (Lipinski definition) is 1. The number of carbonyl (C=O) groups excluding carboxylic acids is 1. The van der Waals surface area contributed by atoms with Crippen molar-refractivity contribution < 1.29 is 9.90 Å². The lowest BCUT2D eigenvalue weighted by molar-refractivity contribution is -0.130. The summed E-state index contributed by atoms with van der Waals surface area (Å²) in [5.74, 6) is 3.46. The van der Waals surface area contributed by atoms with Gasteiger partial charge in [0.1, 0.15) is 5.75 Å². The van der Waals surface area contributed by atoms with Crippen LogP contribution in [0.15, 0.2) is 24.3 Å². The maximum atomic E-state index is 12.1. The number of rotatable bonds is 5. The molecule has 1 fully saturated rings. The van der Waals surface area contributed by atoms with E-state index in [1.54, 1.807) is 29.2 Å². The number of phenolic OH excluding ortho intramolecular Hbond substituents is 1. The van der Waals surface area contributed by atoms with Crippen LogP contribution < -0.4 is 0 Å². The largest absolute Gasteiger partial charge is 0.508 e. The van der Waals surface area contributed by atoms with Crippen molar-refractivity contribution in [2.45, 2.75) is 19.3 Å². The highest BCUT2D eigenvalue weighted by molar-refractivity contribution is 5.79. The number of nitrogens with zero attached hydrogens (tertiary/aromatic N) is 1. The lowest BCUT2D eigenvalue weighted by atomic mass is 10.1. The quantitative estimate of drug-likeness (QED) is 0.801. The van der Waals surface area contributed by atoms with Crippen LogP contribution in [0.3, 0.4) is 0 Å². The van der Waals surface area contributed by atoms with Gasteiger partial charge in [-0.2, -0.15) is 0 Å². The van der Waals surface area contributed by atoms with E-state index in [0.29, 0.717) is 18.9 Å². The molecule has 0 bridgehead atoms. The number of amides is 1. The number of phenols is 1. The number of benzene rings is 1. The minimum Gasteiger partial charge on any atom is -0.508 e. The van der Waals surface area contributed by atoms with Gasteiger partial charge < -0.3 is 10.0 Å². The van der Waals surface area contributed by atoms with Crippen LogP contribution in [0.5, 0.6) is 5.75 Å². The highest BCUT2D eigenvalue weighted by atomic mass is 16.3. The molecular formula is C15H17NO2. The molecule has 1 aliphatic rings. The smallest absolute Gasteiger partial charge is 0.227 e. The first kappa shape index (κ1) is 12.5. The zero-order chi connectivity index (χ0) is 13.0. The first-order valence-electron chi connectivity index (χ1n) is 6.18. The number of carbonyl (C=O) groups is 1. The second-order valence-corrected chi connectivity index (χ2v) is 4.76. The molecule has 0 heterocycles. The van der Waals surface area contributed by atoms with Gasteiger partial charge in [0.15, 0.2) is 0 Å². The molecule has 3 nitrogen and oxygen atoms in total. The Morgan fingerprint density at radius 3 is 2.61 bits per heavy atom. The number of aromatic hydroxyl groups is 1. The molecule has 1 saturated carbocycles. The fraction of sp³-hybridized carbons (Fsp3) is 0.400. The molecule has 0 unspecified atom stereocenters. The Kier molecular flexibility index (Phi) is 3.88. The zero-order valence-electron chi connectivity index (χ0n) is 10.3. The van der Waals surface area contributed by atoms with Crippen LogP contribution in [0.2, 0.25) is 0 Å². The molecule has 0 aromatic heterocycles. The van der Waals surface area contributed by atoms with Crippen LogP contribution in [0.1, 0.15) is 18.4 Å². The summed E-state index contributed by atoms with van der Waals surface area (Å²) < 4.78 is 0. The highest BCUT2D eigenvalue weighted by Crippen LogP contribution is 2.29. The van der Waals surface area contributed by atoms with Crippen molar-refractivity contribution in [3.8, 4) is 18.1 Å². The molecule has 3 heteroatoms. The van der Waals surface area contributed by atoms with Crippen LogP contribution in [0, 0.1) is 18.3 Å². The van der Waals surface area contributed by atoms with Crippen molar-refractivity contribution in [3.63, 3.8) is 0 Å². The van der Waals surface area contributed by atoms with E-state index in [0.717, 1.165) is 12.1 Å². The van der Waals surface area contributed by atoms with Gasteiger partial charge in [0.05, 0.1) is 13.0 Å². The van der Waals surface area contributed by atoms with Gasteiger partial charge in [0.25, 0.3) is 0 Å². The van der Waals surface area contributed by atoms with Crippen molar-refractivity contribution in [1.29, 1.82) is 0 Å². The van der Waals surface area contributed by atoms with Gasteiger partial charge >= 0.3 is 0 Å². The fourth-order valence-electron chi connectivity index (χ4n) is 1.88. The van der Waals surface area contributed by atoms with E-state index >= 15 is 0 Å². The normalized spacial score (nSPS) is 13.9. The second-order valence-electron chi connectivity index (χ2n) is 4.76. The second kappa shape index (κ2) is 5.59. The van der Waals surface area contributed by atoms with Crippen LogP contribution in [0.25, 0.3) is 0 Å². The molecule has 0 spiro atoms. The average Bonchev–Trinajstić information content (AvgIpc) is 3.15. The fourth-order valence-corrected chi connectivity index (χ4v) is 1.88. The summed E-state index contributed by atoms with van der Waals surface area (Å²) in [5.41, 5.74) is 0.899. The molecule has 1 N–H and O–H groups in total. The molecule has 0 radical (unpaired) electrons. The predicted octanol–water partition coefficient (Wildman–Crippen LogP) is 1.81. The highest BCUT2D eigenvalue weighted by Gasteiger charge is 2.26. The average molecular weight is 243 g/mol. The summed E-state index contributed by atoms with van der Waals surface area (Å²) >= 11 is 0. The topological polar surface area (TPSA) is 40.5 Å². The molecule has 18 heavy (non-hydrogen) atoms. The summed E-state index contributed by atoms with van der Waals surface area (Å²) in [5, 5.41) is 9.19. The van der Waals surface area contributed by atoms with Crippen LogP contribution in [0.4, 0.5) is 0 Å². The van der Waals surface area contributed by atoms with Crippen molar-refractivity contribution in [2.24, 2.45) is 5.92 Å². The Labute approximate surface area is 107 Å². The Balaban J connectivity index is 1.95. The summed E-state index contributed by atoms with van der Waals surface area (Å²) in [6, 6.07) is 6.71. The van der Waals surface area contributed by atoms with Gasteiger partial charge in [-0.05, 0) is 36.5 Å². The summed E-state index contributed by atoms with van der Waals surface area (Å²) in [6.07, 6.45) is 8.05. The van der Waals surface area contributed by atoms with E-state index in [2.05, 4.69) is 5.92 Å². The molecule has 1 aliphatic carbocycles. The van der Waals surface area contributed by atoms with Gasteiger partial charge in [-0.1, -0.05) is 18.1 Å². The van der Waals surface area contributed by atoms with Gasteiger partial charge in [-0.25, -0.2) is 0 Å². The monoisotopic (exact) mass is 243 g/mol. The van der Waals surface area contributed by atoms with E-state index in [4.69, 9.17) is 6.42 Å². The zero-order valence-corrected chi connectivity index (χ0v) is 10.3. The summed E-state index contributed by atoms with van der Waals surface area (Å²) in [7, 11) is 0. The molecule has 1 aromatic carbocycles. The number of hydrogen-bond acceptors (Lipinski definition) is 2. The molecule has 0 atom stereocenters. The van der Waals surface area contributed by atoms with E-state index < -0.39 is 0 Å². The summed E-state index contributed by atoms with van der Waals surface area (Å²) in [6.45, 7) is 1.16. The van der Waals surface area contributed by atoms with Gasteiger partial charge in [0, 0.05) is 6.54 Å². The predicted molar refractivity (Wildman–Crippen MR) is 69.9 cm³/mol. The van der Waals surface area contributed by atoms with Crippen LogP contribution >= 0.6 is 0 Å². The van der Waals surface area contributed by atoms with Gasteiger partial charge in [-0.3, -0.25) is 4.79 Å². The minimum absolute atomic E-state index is 0.0607. The van der Waals surface area contributed by atoms with E-state index in [9.17, 15) is 9.90 Å². The molecular weight excluding hydrogens is 226 g/mol. The molecule has 1 amide bonds. The molecule has 0 saturated heterocycles. The maximum absolute atomic E-state index is 12.1. The van der Waals surface area contributed by atoms with Crippen molar-refractivity contribution >= 4 is 5.91 Å². The molecule has 1 aromatic rings. The molecule has 2 rings (SSSR count). The Hall–Kier alpha value is -1.95. The molecule has 94 valence electrons. The first-order chi connectivity index (χ1) is 8.69.